The highest BCUT2D eigenvalue weighted by Gasteiger charge is 2.09. The second kappa shape index (κ2) is 14.2. The number of ether oxygens (including phenoxy) is 3. The third-order valence-electron chi connectivity index (χ3n) is 4.97. The molecule has 0 aliphatic heterocycles. The van der Waals surface area contributed by atoms with Crippen molar-refractivity contribution < 1.29 is 14.2 Å². The Morgan fingerprint density at radius 3 is 2.00 bits per heavy atom. The van der Waals surface area contributed by atoms with E-state index in [0.717, 1.165) is 35.6 Å². The number of halogens is 1. The molecule has 3 heterocycles. The lowest BCUT2D eigenvalue weighted by Crippen LogP contribution is -2.11. The molecule has 0 saturated carbocycles. The van der Waals surface area contributed by atoms with Crippen LogP contribution in [0, 0.1) is 14.7 Å². The van der Waals surface area contributed by atoms with Crippen LogP contribution in [0.3, 0.4) is 0 Å². The molecule has 35 heavy (non-hydrogen) atoms. The Labute approximate surface area is 233 Å². The average molecular weight is 635 g/mol. The van der Waals surface area contributed by atoms with Crippen LogP contribution >= 0.6 is 56.6 Å². The van der Waals surface area contributed by atoms with Crippen molar-refractivity contribution in [3.63, 3.8) is 0 Å². The Balaban J connectivity index is 1.23. The van der Waals surface area contributed by atoms with Crippen LogP contribution in [0.5, 0.6) is 5.75 Å². The van der Waals surface area contributed by atoms with Gasteiger partial charge in [-0.25, -0.2) is 0 Å². The maximum absolute atomic E-state index is 5.75. The monoisotopic (exact) mass is 634 g/mol. The molecule has 182 valence electrons. The van der Waals surface area contributed by atoms with Crippen LogP contribution < -0.4 is 4.74 Å². The van der Waals surface area contributed by atoms with Crippen molar-refractivity contribution in [1.82, 2.24) is 0 Å². The molecule has 0 saturated heterocycles. The third kappa shape index (κ3) is 8.45. The first-order chi connectivity index (χ1) is 17.2. The van der Waals surface area contributed by atoms with Gasteiger partial charge in [-0.2, -0.15) is 0 Å². The predicted molar refractivity (Wildman–Crippen MR) is 158 cm³/mol. The molecule has 0 aliphatic rings. The first-order valence-electron chi connectivity index (χ1n) is 11.6. The summed E-state index contributed by atoms with van der Waals surface area (Å²) >= 11 is 7.78. The molecule has 3 nitrogen and oxygen atoms in total. The van der Waals surface area contributed by atoms with E-state index in [1.807, 2.05) is 46.9 Å². The first-order valence-corrected chi connectivity index (χ1v) is 15.1. The van der Waals surface area contributed by atoms with Gasteiger partial charge in [0.1, 0.15) is 12.4 Å². The lowest BCUT2D eigenvalue weighted by atomic mass is 10.2. The fourth-order valence-corrected chi connectivity index (χ4v) is 6.81. The Hall–Kier alpha value is -1.67. The Morgan fingerprint density at radius 1 is 0.657 bits per heavy atom. The van der Waals surface area contributed by atoms with Gasteiger partial charge in [0, 0.05) is 31.7 Å². The zero-order valence-corrected chi connectivity index (χ0v) is 24.2. The number of thiophene rings is 3. The van der Waals surface area contributed by atoms with Crippen molar-refractivity contribution in [2.75, 3.05) is 33.0 Å². The summed E-state index contributed by atoms with van der Waals surface area (Å²) in [5, 5.41) is 0. The first kappa shape index (κ1) is 26.4. The molecule has 0 aliphatic carbocycles. The van der Waals surface area contributed by atoms with Crippen molar-refractivity contribution in [3.05, 3.63) is 74.0 Å². The molecule has 0 unspecified atom stereocenters. The highest BCUT2D eigenvalue weighted by molar-refractivity contribution is 14.1. The van der Waals surface area contributed by atoms with E-state index in [4.69, 9.17) is 14.2 Å². The van der Waals surface area contributed by atoms with E-state index in [9.17, 15) is 0 Å². The summed E-state index contributed by atoms with van der Waals surface area (Å²) in [5.41, 5.74) is 0.971. The lowest BCUT2D eigenvalue weighted by Gasteiger charge is -2.07. The van der Waals surface area contributed by atoms with Gasteiger partial charge in [-0.3, -0.25) is 0 Å². The molecular weight excluding hydrogens is 607 g/mol. The second-order valence-electron chi connectivity index (χ2n) is 7.63. The minimum Gasteiger partial charge on any atom is -0.491 e. The largest absolute Gasteiger partial charge is 0.491 e. The zero-order chi connectivity index (χ0) is 24.3. The molecule has 4 aromatic rings. The number of rotatable bonds is 12. The molecule has 1 aromatic carbocycles. The van der Waals surface area contributed by atoms with Crippen LogP contribution in [0.25, 0.3) is 19.5 Å². The van der Waals surface area contributed by atoms with Gasteiger partial charge < -0.3 is 14.2 Å². The highest BCUT2D eigenvalue weighted by Crippen LogP contribution is 2.40. The zero-order valence-electron chi connectivity index (χ0n) is 19.6. The average Bonchev–Trinajstić information content (AvgIpc) is 3.63. The fourth-order valence-electron chi connectivity index (χ4n) is 3.14. The predicted octanol–water partition coefficient (Wildman–Crippen LogP) is 8.42. The smallest absolute Gasteiger partial charge is 0.119 e. The molecule has 0 atom stereocenters. The summed E-state index contributed by atoms with van der Waals surface area (Å²) in [5.74, 6) is 7.39. The summed E-state index contributed by atoms with van der Waals surface area (Å²) in [6, 6.07) is 21.0. The van der Waals surface area contributed by atoms with Gasteiger partial charge in [-0.05, 0) is 89.7 Å². The summed E-state index contributed by atoms with van der Waals surface area (Å²) < 4.78 is 18.1. The summed E-state index contributed by atoms with van der Waals surface area (Å²) in [6.45, 7) is 5.29. The van der Waals surface area contributed by atoms with Crippen molar-refractivity contribution in [1.29, 1.82) is 0 Å². The van der Waals surface area contributed by atoms with Crippen LogP contribution in [0.1, 0.15) is 30.2 Å². The quantitative estimate of drug-likeness (QED) is 0.0890. The van der Waals surface area contributed by atoms with E-state index < -0.39 is 0 Å². The van der Waals surface area contributed by atoms with Crippen molar-refractivity contribution in [2.24, 2.45) is 0 Å². The summed E-state index contributed by atoms with van der Waals surface area (Å²) in [4.78, 5) is 6.26. The number of hydrogen-bond donors (Lipinski definition) is 0. The number of hydrogen-bond acceptors (Lipinski definition) is 6. The minimum absolute atomic E-state index is 0.522. The van der Waals surface area contributed by atoms with Crippen LogP contribution in [0.4, 0.5) is 0 Å². The van der Waals surface area contributed by atoms with Crippen molar-refractivity contribution >= 4 is 56.6 Å². The van der Waals surface area contributed by atoms with Crippen LogP contribution in [0.15, 0.2) is 60.7 Å². The molecule has 0 N–H and O–H groups in total. The molecular formula is C28H27IO3S3. The molecule has 4 rings (SSSR count). The van der Waals surface area contributed by atoms with E-state index in [2.05, 4.69) is 77.8 Å². The van der Waals surface area contributed by atoms with Gasteiger partial charge in [-0.15, -0.1) is 34.0 Å². The van der Waals surface area contributed by atoms with E-state index in [-0.39, 0.29) is 0 Å². The highest BCUT2D eigenvalue weighted by atomic mass is 127. The molecule has 0 spiro atoms. The molecule has 7 heteroatoms. The van der Waals surface area contributed by atoms with Crippen LogP contribution in [-0.4, -0.2) is 33.0 Å². The molecule has 0 radical (unpaired) electrons. The Bertz CT molecular complexity index is 1240. The van der Waals surface area contributed by atoms with E-state index in [0.29, 0.717) is 26.4 Å². The minimum atomic E-state index is 0.522. The maximum atomic E-state index is 5.75. The number of unbranched alkanes of at least 4 members (excludes halogenated alkanes) is 1. The SMILES string of the molecule is CCCCOCCOCCOc1ccc(C#Cc2ccc(-c3ccc(-c4ccc(I)s4)s3)s2)cc1. The lowest BCUT2D eigenvalue weighted by molar-refractivity contribution is 0.0356. The normalized spacial score (nSPS) is 10.8. The van der Waals surface area contributed by atoms with Crippen molar-refractivity contribution in [2.45, 2.75) is 19.8 Å². The standard InChI is InChI=1S/C28H27IO3S3/c1-2-3-16-30-17-18-31-19-20-32-22-7-4-21(5-8-22)6-9-23-10-11-24(33-23)25-12-13-26(34-25)27-14-15-28(29)35-27/h4-5,7-8,10-15H,2-3,16-20H2,1H3. The second-order valence-corrected chi connectivity index (χ2v) is 12.8. The Morgan fingerprint density at radius 2 is 1.29 bits per heavy atom. The molecule has 0 amide bonds. The van der Waals surface area contributed by atoms with Crippen molar-refractivity contribution in [3.8, 4) is 37.1 Å². The number of benzene rings is 1. The molecule has 3 aromatic heterocycles. The van der Waals surface area contributed by atoms with Gasteiger partial charge in [0.05, 0.1) is 27.6 Å². The van der Waals surface area contributed by atoms with Crippen LogP contribution in [0.2, 0.25) is 0 Å². The van der Waals surface area contributed by atoms with Gasteiger partial charge in [0.2, 0.25) is 0 Å². The van der Waals surface area contributed by atoms with Gasteiger partial charge in [-0.1, -0.05) is 25.2 Å². The van der Waals surface area contributed by atoms with Crippen LogP contribution in [-0.2, 0) is 9.47 Å². The molecule has 0 fully saturated rings. The van der Waals surface area contributed by atoms with E-state index in [1.165, 1.54) is 22.4 Å². The van der Waals surface area contributed by atoms with Gasteiger partial charge in [0.25, 0.3) is 0 Å². The third-order valence-corrected chi connectivity index (χ3v) is 9.34. The topological polar surface area (TPSA) is 27.7 Å². The van der Waals surface area contributed by atoms with E-state index in [1.54, 1.807) is 11.3 Å². The van der Waals surface area contributed by atoms with Gasteiger partial charge >= 0.3 is 0 Å². The van der Waals surface area contributed by atoms with E-state index >= 15 is 0 Å². The van der Waals surface area contributed by atoms with Gasteiger partial charge in [0.15, 0.2) is 0 Å². The Kier molecular flexibility index (Phi) is 10.7. The maximum Gasteiger partial charge on any atom is 0.119 e. The molecule has 0 bridgehead atoms. The fraction of sp³-hybridized carbons (Fsp3) is 0.286. The summed E-state index contributed by atoms with van der Waals surface area (Å²) in [6.07, 6.45) is 2.25. The summed E-state index contributed by atoms with van der Waals surface area (Å²) in [7, 11) is 0.